The highest BCUT2D eigenvalue weighted by Crippen LogP contribution is 2.31. The first-order valence-corrected chi connectivity index (χ1v) is 7.01. The highest BCUT2D eigenvalue weighted by atomic mass is 16.3. The molecule has 5 nitrogen and oxygen atoms in total. The average Bonchev–Trinajstić information content (AvgIpc) is 3.08. The van der Waals surface area contributed by atoms with Crippen LogP contribution in [0.5, 0.6) is 0 Å². The molecule has 3 atom stereocenters. The lowest BCUT2D eigenvalue weighted by Crippen LogP contribution is -2.41. The monoisotopic (exact) mass is 286 g/mol. The smallest absolute Gasteiger partial charge is 0.315 e. The van der Waals surface area contributed by atoms with Gasteiger partial charge in [0, 0.05) is 6.42 Å². The lowest BCUT2D eigenvalue weighted by atomic mass is 10.1. The van der Waals surface area contributed by atoms with Gasteiger partial charge in [0.1, 0.15) is 5.76 Å². The molecule has 2 amide bonds. The molecule has 1 aliphatic rings. The number of furan rings is 1. The summed E-state index contributed by atoms with van der Waals surface area (Å²) in [7, 11) is 0. The number of carbonyl (C=O) groups is 1. The van der Waals surface area contributed by atoms with Gasteiger partial charge >= 0.3 is 6.03 Å². The second-order valence-corrected chi connectivity index (χ2v) is 5.30. The molecular weight excluding hydrogens is 268 g/mol. The maximum atomic E-state index is 12.1. The molecule has 3 rings (SSSR count). The van der Waals surface area contributed by atoms with Crippen LogP contribution in [0.1, 0.15) is 35.9 Å². The topological polar surface area (TPSA) is 74.5 Å². The number of aliphatic hydroxyl groups is 1. The highest BCUT2D eigenvalue weighted by molar-refractivity contribution is 5.75. The van der Waals surface area contributed by atoms with Gasteiger partial charge in [-0.1, -0.05) is 24.3 Å². The predicted octanol–water partition coefficient (Wildman–Crippen LogP) is 2.30. The third-order valence-electron chi connectivity index (χ3n) is 3.81. The predicted molar refractivity (Wildman–Crippen MR) is 77.7 cm³/mol. The van der Waals surface area contributed by atoms with Gasteiger partial charge in [0.2, 0.25) is 0 Å². The zero-order chi connectivity index (χ0) is 14.8. The van der Waals surface area contributed by atoms with E-state index in [-0.39, 0.29) is 18.1 Å². The van der Waals surface area contributed by atoms with Gasteiger partial charge < -0.3 is 20.2 Å². The van der Waals surface area contributed by atoms with Crippen molar-refractivity contribution < 1.29 is 14.3 Å². The summed E-state index contributed by atoms with van der Waals surface area (Å²) in [6.07, 6.45) is 1.55. The van der Waals surface area contributed by atoms with Gasteiger partial charge in [0.05, 0.1) is 24.5 Å². The van der Waals surface area contributed by atoms with Crippen LogP contribution in [0.15, 0.2) is 47.1 Å². The summed E-state index contributed by atoms with van der Waals surface area (Å²) in [4.78, 5) is 12.1. The SMILES string of the molecule is CC(NC(=O)N[C@H]1c2ccccc2C[C@H]1O)c1ccco1. The van der Waals surface area contributed by atoms with E-state index < -0.39 is 6.10 Å². The van der Waals surface area contributed by atoms with Crippen LogP contribution in [-0.2, 0) is 6.42 Å². The molecule has 0 saturated heterocycles. The van der Waals surface area contributed by atoms with Crippen LogP contribution in [0, 0.1) is 0 Å². The molecule has 2 aromatic rings. The van der Waals surface area contributed by atoms with Crippen molar-refractivity contribution >= 4 is 6.03 Å². The number of hydrogen-bond donors (Lipinski definition) is 3. The van der Waals surface area contributed by atoms with Crippen molar-refractivity contribution in [3.63, 3.8) is 0 Å². The standard InChI is InChI=1S/C16H18N2O3/c1-10(14-7-4-8-21-14)17-16(20)18-15-12-6-3-2-5-11(12)9-13(15)19/h2-8,10,13,15,19H,9H2,1H3,(H2,17,18,20)/t10?,13-,15+/m1/s1. The minimum Gasteiger partial charge on any atom is -0.467 e. The van der Waals surface area contributed by atoms with Gasteiger partial charge in [0.25, 0.3) is 0 Å². The molecule has 0 bridgehead atoms. The number of urea groups is 1. The third-order valence-corrected chi connectivity index (χ3v) is 3.81. The third kappa shape index (κ3) is 2.78. The summed E-state index contributed by atoms with van der Waals surface area (Å²) >= 11 is 0. The van der Waals surface area contributed by atoms with Crippen LogP contribution in [0.2, 0.25) is 0 Å². The van der Waals surface area contributed by atoms with E-state index in [0.29, 0.717) is 12.2 Å². The zero-order valence-corrected chi connectivity index (χ0v) is 11.7. The lowest BCUT2D eigenvalue weighted by Gasteiger charge is -2.20. The summed E-state index contributed by atoms with van der Waals surface area (Å²) in [5.74, 6) is 0.692. The van der Waals surface area contributed by atoms with E-state index in [1.807, 2.05) is 37.3 Å². The van der Waals surface area contributed by atoms with Gasteiger partial charge in [-0.25, -0.2) is 4.79 Å². The van der Waals surface area contributed by atoms with Crippen LogP contribution < -0.4 is 10.6 Å². The Labute approximate surface area is 123 Å². The number of rotatable bonds is 3. The first-order chi connectivity index (χ1) is 10.1. The van der Waals surface area contributed by atoms with E-state index in [1.165, 1.54) is 0 Å². The maximum Gasteiger partial charge on any atom is 0.315 e. The summed E-state index contributed by atoms with van der Waals surface area (Å²) in [5, 5.41) is 15.8. The number of benzene rings is 1. The van der Waals surface area contributed by atoms with Gasteiger partial charge in [-0.2, -0.15) is 0 Å². The van der Waals surface area contributed by atoms with E-state index >= 15 is 0 Å². The maximum absolute atomic E-state index is 12.1. The first kappa shape index (κ1) is 13.7. The van der Waals surface area contributed by atoms with Crippen molar-refractivity contribution in [1.82, 2.24) is 10.6 Å². The molecule has 0 radical (unpaired) electrons. The van der Waals surface area contributed by atoms with Gasteiger partial charge in [-0.15, -0.1) is 0 Å². The lowest BCUT2D eigenvalue weighted by molar-refractivity contribution is 0.141. The largest absolute Gasteiger partial charge is 0.467 e. The molecule has 0 saturated carbocycles. The van der Waals surface area contributed by atoms with Gasteiger partial charge in [-0.05, 0) is 30.2 Å². The molecule has 1 unspecified atom stereocenters. The van der Waals surface area contributed by atoms with E-state index in [9.17, 15) is 9.90 Å². The van der Waals surface area contributed by atoms with Gasteiger partial charge in [0.15, 0.2) is 0 Å². The fourth-order valence-electron chi connectivity index (χ4n) is 2.74. The summed E-state index contributed by atoms with van der Waals surface area (Å²) in [6, 6.07) is 10.4. The second-order valence-electron chi connectivity index (χ2n) is 5.30. The molecule has 0 fully saturated rings. The molecule has 1 aromatic heterocycles. The van der Waals surface area contributed by atoms with Crippen LogP contribution in [0.25, 0.3) is 0 Å². The zero-order valence-electron chi connectivity index (χ0n) is 11.7. The Hall–Kier alpha value is -2.27. The summed E-state index contributed by atoms with van der Waals surface area (Å²) < 4.78 is 5.25. The van der Waals surface area contributed by atoms with E-state index in [4.69, 9.17) is 4.42 Å². The molecule has 0 aliphatic heterocycles. The van der Waals surface area contributed by atoms with Crippen molar-refractivity contribution in [1.29, 1.82) is 0 Å². The summed E-state index contributed by atoms with van der Waals surface area (Å²) in [6.45, 7) is 1.84. The molecule has 1 heterocycles. The molecule has 21 heavy (non-hydrogen) atoms. The van der Waals surface area contributed by atoms with Crippen molar-refractivity contribution in [3.8, 4) is 0 Å². The van der Waals surface area contributed by atoms with Crippen molar-refractivity contribution in [2.75, 3.05) is 0 Å². The molecular formula is C16H18N2O3. The molecule has 1 aromatic carbocycles. The van der Waals surface area contributed by atoms with Gasteiger partial charge in [-0.3, -0.25) is 0 Å². The Morgan fingerprint density at radius 1 is 1.33 bits per heavy atom. The Kier molecular flexibility index (Phi) is 3.66. The number of carbonyl (C=O) groups excluding carboxylic acids is 1. The van der Waals surface area contributed by atoms with Crippen LogP contribution in [0.3, 0.4) is 0 Å². The molecule has 3 N–H and O–H groups in total. The Bertz CT molecular complexity index is 624. The number of amides is 2. The van der Waals surface area contributed by atoms with Crippen LogP contribution >= 0.6 is 0 Å². The molecule has 1 aliphatic carbocycles. The number of aliphatic hydroxyl groups excluding tert-OH is 1. The minimum atomic E-state index is -0.591. The Morgan fingerprint density at radius 2 is 2.14 bits per heavy atom. The highest BCUT2D eigenvalue weighted by Gasteiger charge is 2.32. The fourth-order valence-corrected chi connectivity index (χ4v) is 2.74. The van der Waals surface area contributed by atoms with Crippen molar-refractivity contribution in [2.24, 2.45) is 0 Å². The number of fused-ring (bicyclic) bond motifs is 1. The van der Waals surface area contributed by atoms with E-state index in [2.05, 4.69) is 10.6 Å². The second kappa shape index (κ2) is 5.61. The van der Waals surface area contributed by atoms with Crippen molar-refractivity contribution in [3.05, 3.63) is 59.5 Å². The van der Waals surface area contributed by atoms with Crippen LogP contribution in [-0.4, -0.2) is 17.2 Å². The normalized spacial score (nSPS) is 21.6. The van der Waals surface area contributed by atoms with Crippen LogP contribution in [0.4, 0.5) is 4.79 Å². The fraction of sp³-hybridized carbons (Fsp3) is 0.312. The number of hydrogen-bond acceptors (Lipinski definition) is 3. The quantitative estimate of drug-likeness (QED) is 0.810. The van der Waals surface area contributed by atoms with E-state index in [1.54, 1.807) is 12.3 Å². The summed E-state index contributed by atoms with van der Waals surface area (Å²) in [5.41, 5.74) is 2.06. The molecule has 5 heteroatoms. The minimum absolute atomic E-state index is 0.228. The average molecular weight is 286 g/mol. The molecule has 110 valence electrons. The Balaban J connectivity index is 1.65. The van der Waals surface area contributed by atoms with E-state index in [0.717, 1.165) is 11.1 Å². The Morgan fingerprint density at radius 3 is 2.90 bits per heavy atom. The van der Waals surface area contributed by atoms with Crippen molar-refractivity contribution in [2.45, 2.75) is 31.5 Å². The number of nitrogens with one attached hydrogen (secondary N) is 2. The molecule has 0 spiro atoms. The first-order valence-electron chi connectivity index (χ1n) is 7.01.